The number of aromatic nitrogens is 1. The molecule has 2 amide bonds. The molecule has 4 rings (SSSR count). The van der Waals surface area contributed by atoms with Crippen LogP contribution in [0.3, 0.4) is 0 Å². The van der Waals surface area contributed by atoms with Crippen LogP contribution in [0.4, 0.5) is 5.69 Å². The van der Waals surface area contributed by atoms with E-state index in [0.29, 0.717) is 41.8 Å². The topological polar surface area (TPSA) is 86.9 Å². The Hall–Kier alpha value is -3.59. The molecule has 1 saturated heterocycles. The van der Waals surface area contributed by atoms with Gasteiger partial charge in [0.1, 0.15) is 6.04 Å². The van der Waals surface area contributed by atoms with Gasteiger partial charge in [-0.1, -0.05) is 12.1 Å². The molecule has 9 heteroatoms. The zero-order valence-electron chi connectivity index (χ0n) is 19.5. The van der Waals surface area contributed by atoms with Gasteiger partial charge in [0, 0.05) is 30.5 Å². The van der Waals surface area contributed by atoms with Gasteiger partial charge in [0.25, 0.3) is 5.91 Å². The predicted molar refractivity (Wildman–Crippen MR) is 135 cm³/mol. The monoisotopic (exact) mass is 480 g/mol. The van der Waals surface area contributed by atoms with Crippen molar-refractivity contribution in [3.8, 4) is 11.5 Å². The zero-order chi connectivity index (χ0) is 24.2. The van der Waals surface area contributed by atoms with Crippen LogP contribution in [0.2, 0.25) is 0 Å². The van der Waals surface area contributed by atoms with Crippen molar-refractivity contribution in [3.63, 3.8) is 0 Å². The summed E-state index contributed by atoms with van der Waals surface area (Å²) in [4.78, 5) is 32.5. The van der Waals surface area contributed by atoms with E-state index >= 15 is 0 Å². The number of thiocarbonyl (C=S) groups is 1. The molecule has 2 aromatic carbocycles. The first-order valence-electron chi connectivity index (χ1n) is 11.1. The van der Waals surface area contributed by atoms with Crippen molar-refractivity contribution >= 4 is 45.7 Å². The van der Waals surface area contributed by atoms with E-state index in [0.717, 1.165) is 16.5 Å². The Morgan fingerprint density at radius 3 is 2.65 bits per heavy atom. The van der Waals surface area contributed by atoms with E-state index in [1.807, 2.05) is 60.5 Å². The van der Waals surface area contributed by atoms with Crippen molar-refractivity contribution in [2.45, 2.75) is 25.8 Å². The highest BCUT2D eigenvalue weighted by Gasteiger charge is 2.42. The van der Waals surface area contributed by atoms with Crippen LogP contribution in [-0.4, -0.2) is 65.1 Å². The van der Waals surface area contributed by atoms with Gasteiger partial charge in [-0.05, 0) is 66.8 Å². The van der Waals surface area contributed by atoms with Gasteiger partial charge in [-0.2, -0.15) is 0 Å². The molecule has 2 heterocycles. The highest BCUT2D eigenvalue weighted by Crippen LogP contribution is 2.28. The summed E-state index contributed by atoms with van der Waals surface area (Å²) in [7, 11) is 3.19. The number of methoxy groups -OCH3 is 2. The number of anilines is 1. The summed E-state index contributed by atoms with van der Waals surface area (Å²) in [6.45, 7) is 2.85. The van der Waals surface area contributed by atoms with Crippen LogP contribution in [0.25, 0.3) is 10.9 Å². The number of carbonyl (C=O) groups is 2. The SMILES string of the molecule is CCN1C(=O)C(CC(=O)Nc2ccc3cc[nH]c3c2)N(CCc2ccc(OC)c(OC)c2)C1=S. The fourth-order valence-electron chi connectivity index (χ4n) is 4.23. The number of rotatable bonds is 9. The Kier molecular flexibility index (Phi) is 7.02. The summed E-state index contributed by atoms with van der Waals surface area (Å²) in [5, 5.41) is 4.43. The normalized spacial score (nSPS) is 15.8. The van der Waals surface area contributed by atoms with Gasteiger partial charge in [0.15, 0.2) is 16.6 Å². The molecule has 0 saturated carbocycles. The largest absolute Gasteiger partial charge is 0.493 e. The zero-order valence-corrected chi connectivity index (χ0v) is 20.3. The van der Waals surface area contributed by atoms with Gasteiger partial charge in [-0.25, -0.2) is 0 Å². The van der Waals surface area contributed by atoms with Crippen LogP contribution in [0, 0.1) is 0 Å². The maximum atomic E-state index is 13.1. The fourth-order valence-corrected chi connectivity index (χ4v) is 4.67. The maximum absolute atomic E-state index is 13.1. The van der Waals surface area contributed by atoms with Crippen molar-refractivity contribution in [2.24, 2.45) is 0 Å². The Balaban J connectivity index is 1.46. The number of aromatic amines is 1. The number of likely N-dealkylation sites (N-methyl/N-ethyl adjacent to an activating group) is 1. The van der Waals surface area contributed by atoms with Gasteiger partial charge >= 0.3 is 0 Å². The number of nitrogens with one attached hydrogen (secondary N) is 2. The van der Waals surface area contributed by atoms with Crippen molar-refractivity contribution in [2.75, 3.05) is 32.6 Å². The van der Waals surface area contributed by atoms with Crippen molar-refractivity contribution in [1.29, 1.82) is 0 Å². The lowest BCUT2D eigenvalue weighted by Crippen LogP contribution is -2.39. The number of hydrogen-bond acceptors (Lipinski definition) is 5. The second-order valence-corrected chi connectivity index (χ2v) is 8.41. The summed E-state index contributed by atoms with van der Waals surface area (Å²) < 4.78 is 10.7. The molecular weight excluding hydrogens is 452 g/mol. The minimum Gasteiger partial charge on any atom is -0.493 e. The molecule has 1 aliphatic rings. The van der Waals surface area contributed by atoms with Crippen molar-refractivity contribution < 1.29 is 19.1 Å². The van der Waals surface area contributed by atoms with Crippen LogP contribution in [0.15, 0.2) is 48.7 Å². The number of carbonyl (C=O) groups excluding carboxylic acids is 2. The van der Waals surface area contributed by atoms with Gasteiger partial charge in [0.05, 0.1) is 20.6 Å². The molecule has 1 aliphatic heterocycles. The van der Waals surface area contributed by atoms with E-state index < -0.39 is 6.04 Å². The molecular formula is C25H28N4O4S. The third-order valence-corrected chi connectivity index (χ3v) is 6.48. The quantitative estimate of drug-likeness (QED) is 0.456. The molecule has 34 heavy (non-hydrogen) atoms. The van der Waals surface area contributed by atoms with E-state index in [9.17, 15) is 9.59 Å². The highest BCUT2D eigenvalue weighted by atomic mass is 32.1. The molecule has 3 aromatic rings. The van der Waals surface area contributed by atoms with Crippen LogP contribution < -0.4 is 14.8 Å². The number of ether oxygens (including phenoxy) is 2. The lowest BCUT2D eigenvalue weighted by Gasteiger charge is -2.24. The predicted octanol–water partition coefficient (Wildman–Crippen LogP) is 3.57. The lowest BCUT2D eigenvalue weighted by molar-refractivity contribution is -0.130. The minimum absolute atomic E-state index is 0.0180. The molecule has 1 unspecified atom stereocenters. The maximum Gasteiger partial charge on any atom is 0.252 e. The Morgan fingerprint density at radius 1 is 1.12 bits per heavy atom. The van der Waals surface area contributed by atoms with E-state index in [1.54, 1.807) is 19.1 Å². The number of H-pyrrole nitrogens is 1. The molecule has 1 atom stereocenters. The number of benzene rings is 2. The van der Waals surface area contributed by atoms with Gasteiger partial charge < -0.3 is 24.7 Å². The molecule has 2 N–H and O–H groups in total. The van der Waals surface area contributed by atoms with Gasteiger partial charge in [-0.15, -0.1) is 0 Å². The molecule has 178 valence electrons. The van der Waals surface area contributed by atoms with Crippen molar-refractivity contribution in [3.05, 3.63) is 54.2 Å². The van der Waals surface area contributed by atoms with E-state index in [4.69, 9.17) is 21.7 Å². The molecule has 1 fully saturated rings. The Labute approximate surface area is 203 Å². The summed E-state index contributed by atoms with van der Waals surface area (Å²) in [5.74, 6) is 0.920. The average molecular weight is 481 g/mol. The van der Waals surface area contributed by atoms with Crippen LogP contribution in [0.5, 0.6) is 11.5 Å². The summed E-state index contributed by atoms with van der Waals surface area (Å²) in [5.41, 5.74) is 2.63. The number of hydrogen-bond donors (Lipinski definition) is 2. The Bertz CT molecular complexity index is 1220. The van der Waals surface area contributed by atoms with E-state index in [1.165, 1.54) is 0 Å². The first-order chi connectivity index (χ1) is 16.4. The molecule has 0 bridgehead atoms. The Morgan fingerprint density at radius 2 is 1.91 bits per heavy atom. The van der Waals surface area contributed by atoms with Gasteiger partial charge in [-0.3, -0.25) is 14.5 Å². The van der Waals surface area contributed by atoms with Crippen LogP contribution in [0.1, 0.15) is 18.9 Å². The van der Waals surface area contributed by atoms with Gasteiger partial charge in [0.2, 0.25) is 5.91 Å². The second-order valence-electron chi connectivity index (χ2n) is 8.05. The second kappa shape index (κ2) is 10.1. The molecule has 0 radical (unpaired) electrons. The molecule has 1 aromatic heterocycles. The third kappa shape index (κ3) is 4.70. The van der Waals surface area contributed by atoms with Crippen LogP contribution in [-0.2, 0) is 16.0 Å². The highest BCUT2D eigenvalue weighted by molar-refractivity contribution is 7.80. The number of nitrogens with zero attached hydrogens (tertiary/aromatic N) is 2. The van der Waals surface area contributed by atoms with Crippen LogP contribution >= 0.6 is 12.2 Å². The fraction of sp³-hybridized carbons (Fsp3) is 0.320. The lowest BCUT2D eigenvalue weighted by atomic mass is 10.1. The first-order valence-corrected chi connectivity index (χ1v) is 11.6. The van der Waals surface area contributed by atoms with E-state index in [2.05, 4.69) is 10.3 Å². The number of amides is 2. The smallest absolute Gasteiger partial charge is 0.252 e. The molecule has 0 spiro atoms. The summed E-state index contributed by atoms with van der Waals surface area (Å²) in [6.07, 6.45) is 2.50. The minimum atomic E-state index is -0.637. The van der Waals surface area contributed by atoms with E-state index in [-0.39, 0.29) is 18.2 Å². The summed E-state index contributed by atoms with van der Waals surface area (Å²) >= 11 is 5.59. The standard InChI is InChI=1S/C25H28N4O4S/c1-4-28-24(31)20(15-23(30)27-18-7-6-17-9-11-26-19(17)14-18)29(25(28)34)12-10-16-5-8-21(32-2)22(13-16)33-3/h5-9,11,13-14,20,26H,4,10,12,15H2,1-3H3,(H,27,30). The third-order valence-electron chi connectivity index (χ3n) is 6.03. The molecule has 8 nitrogen and oxygen atoms in total. The number of fused-ring (bicyclic) bond motifs is 1. The average Bonchev–Trinajstić information content (AvgIpc) is 3.39. The first kappa shape index (κ1) is 23.6. The summed E-state index contributed by atoms with van der Waals surface area (Å²) in [6, 6.07) is 12.7. The molecule has 0 aliphatic carbocycles. The van der Waals surface area contributed by atoms with Crippen molar-refractivity contribution in [1.82, 2.24) is 14.8 Å².